The lowest BCUT2D eigenvalue weighted by atomic mass is 10.2. The van der Waals surface area contributed by atoms with Gasteiger partial charge in [-0.1, -0.05) is 0 Å². The van der Waals surface area contributed by atoms with Gasteiger partial charge in [-0.3, -0.25) is 4.98 Å². The van der Waals surface area contributed by atoms with E-state index >= 15 is 0 Å². The third-order valence-electron chi connectivity index (χ3n) is 2.81. The van der Waals surface area contributed by atoms with E-state index in [4.69, 9.17) is 18.9 Å². The fraction of sp³-hybridized carbons (Fsp3) is 0.267. The van der Waals surface area contributed by atoms with E-state index in [0.717, 1.165) is 10.0 Å². The van der Waals surface area contributed by atoms with Gasteiger partial charge in [0.25, 0.3) is 0 Å². The zero-order chi connectivity index (χ0) is 15.2. The number of hydrogen-bond donors (Lipinski definition) is 0. The summed E-state index contributed by atoms with van der Waals surface area (Å²) < 4.78 is 22.5. The van der Waals surface area contributed by atoms with Gasteiger partial charge < -0.3 is 18.9 Å². The average molecular weight is 354 g/mol. The Morgan fingerprint density at radius 2 is 1.62 bits per heavy atom. The molecule has 0 aliphatic carbocycles. The van der Waals surface area contributed by atoms with Crippen molar-refractivity contribution < 1.29 is 18.9 Å². The molecule has 5 nitrogen and oxygen atoms in total. The van der Waals surface area contributed by atoms with E-state index in [-0.39, 0.29) is 0 Å². The highest BCUT2D eigenvalue weighted by atomic mass is 79.9. The topological polar surface area (TPSA) is 49.8 Å². The Balaban J connectivity index is 2.20. The van der Waals surface area contributed by atoms with Crippen LogP contribution in [-0.2, 0) is 6.61 Å². The first-order valence-electron chi connectivity index (χ1n) is 6.20. The van der Waals surface area contributed by atoms with Crippen LogP contribution in [-0.4, -0.2) is 26.3 Å². The molecule has 0 aliphatic heterocycles. The number of rotatable bonds is 6. The highest BCUT2D eigenvalue weighted by molar-refractivity contribution is 9.10. The summed E-state index contributed by atoms with van der Waals surface area (Å²) in [5.41, 5.74) is 0.957. The molecule has 1 heterocycles. The molecule has 0 amide bonds. The number of methoxy groups -OCH3 is 3. The van der Waals surface area contributed by atoms with Gasteiger partial charge in [-0.15, -0.1) is 0 Å². The molecule has 1 aromatic carbocycles. The minimum atomic E-state index is 0.394. The SMILES string of the molecule is COc1cc(OCc2cncc(Br)c2)cc(OC)c1OC. The quantitative estimate of drug-likeness (QED) is 0.795. The molecule has 21 heavy (non-hydrogen) atoms. The Morgan fingerprint density at radius 1 is 0.952 bits per heavy atom. The van der Waals surface area contributed by atoms with Crippen LogP contribution in [0.5, 0.6) is 23.0 Å². The van der Waals surface area contributed by atoms with Crippen molar-refractivity contribution in [3.63, 3.8) is 0 Å². The molecule has 6 heteroatoms. The summed E-state index contributed by atoms with van der Waals surface area (Å²) >= 11 is 3.38. The second kappa shape index (κ2) is 7.17. The van der Waals surface area contributed by atoms with Crippen LogP contribution in [0.4, 0.5) is 0 Å². The Bertz CT molecular complexity index is 593. The molecule has 0 saturated carbocycles. The van der Waals surface area contributed by atoms with E-state index in [1.165, 1.54) is 0 Å². The monoisotopic (exact) mass is 353 g/mol. The second-order valence-electron chi connectivity index (χ2n) is 4.16. The van der Waals surface area contributed by atoms with Gasteiger partial charge in [0.1, 0.15) is 12.4 Å². The van der Waals surface area contributed by atoms with E-state index < -0.39 is 0 Å². The maximum Gasteiger partial charge on any atom is 0.203 e. The van der Waals surface area contributed by atoms with Crippen LogP contribution in [0.15, 0.2) is 35.1 Å². The van der Waals surface area contributed by atoms with Crippen LogP contribution in [0.1, 0.15) is 5.56 Å². The van der Waals surface area contributed by atoms with Crippen LogP contribution < -0.4 is 18.9 Å². The van der Waals surface area contributed by atoms with Crippen molar-refractivity contribution in [1.82, 2.24) is 4.98 Å². The van der Waals surface area contributed by atoms with Crippen molar-refractivity contribution in [2.45, 2.75) is 6.61 Å². The molecule has 0 radical (unpaired) electrons. The van der Waals surface area contributed by atoms with Crippen LogP contribution in [0, 0.1) is 0 Å². The zero-order valence-corrected chi connectivity index (χ0v) is 13.6. The van der Waals surface area contributed by atoms with Crippen molar-refractivity contribution in [2.75, 3.05) is 21.3 Å². The van der Waals surface area contributed by atoms with Gasteiger partial charge in [-0.25, -0.2) is 0 Å². The van der Waals surface area contributed by atoms with Crippen LogP contribution in [0.3, 0.4) is 0 Å². The van der Waals surface area contributed by atoms with Crippen molar-refractivity contribution in [3.8, 4) is 23.0 Å². The molecule has 112 valence electrons. The maximum absolute atomic E-state index is 5.76. The number of benzene rings is 1. The summed E-state index contributed by atoms with van der Waals surface area (Å²) in [4.78, 5) is 4.10. The standard InChI is InChI=1S/C15H16BrNO4/c1-18-13-5-12(6-14(19-2)15(13)20-3)21-9-10-4-11(16)8-17-7-10/h4-8H,9H2,1-3H3. The van der Waals surface area contributed by atoms with Gasteiger partial charge in [0.05, 0.1) is 21.3 Å². The molecule has 0 fully saturated rings. The van der Waals surface area contributed by atoms with Crippen molar-refractivity contribution in [1.29, 1.82) is 0 Å². The molecule has 0 unspecified atom stereocenters. The fourth-order valence-corrected chi connectivity index (χ4v) is 2.25. The van der Waals surface area contributed by atoms with Gasteiger partial charge >= 0.3 is 0 Å². The normalized spacial score (nSPS) is 10.1. The first-order chi connectivity index (χ1) is 10.2. The van der Waals surface area contributed by atoms with E-state index in [2.05, 4.69) is 20.9 Å². The molecule has 0 bridgehead atoms. The van der Waals surface area contributed by atoms with Gasteiger partial charge in [0.15, 0.2) is 11.5 Å². The predicted octanol–water partition coefficient (Wildman–Crippen LogP) is 3.45. The highest BCUT2D eigenvalue weighted by Crippen LogP contribution is 2.40. The Hall–Kier alpha value is -1.95. The lowest BCUT2D eigenvalue weighted by Gasteiger charge is -2.14. The van der Waals surface area contributed by atoms with E-state index in [1.807, 2.05) is 6.07 Å². The van der Waals surface area contributed by atoms with Gasteiger partial charge in [0.2, 0.25) is 5.75 Å². The van der Waals surface area contributed by atoms with Gasteiger partial charge in [-0.05, 0) is 22.0 Å². The van der Waals surface area contributed by atoms with E-state index in [1.54, 1.807) is 45.9 Å². The average Bonchev–Trinajstić information content (AvgIpc) is 2.51. The van der Waals surface area contributed by atoms with E-state index in [9.17, 15) is 0 Å². The molecule has 0 spiro atoms. The number of ether oxygens (including phenoxy) is 4. The summed E-state index contributed by atoms with van der Waals surface area (Å²) in [5, 5.41) is 0. The predicted molar refractivity (Wildman–Crippen MR) is 82.4 cm³/mol. The number of aromatic nitrogens is 1. The number of hydrogen-bond acceptors (Lipinski definition) is 5. The lowest BCUT2D eigenvalue weighted by Crippen LogP contribution is -1.99. The van der Waals surface area contributed by atoms with Crippen LogP contribution >= 0.6 is 15.9 Å². The molecule has 1 aromatic heterocycles. The molecule has 0 saturated heterocycles. The maximum atomic E-state index is 5.76. The number of halogens is 1. The molecule has 2 aromatic rings. The lowest BCUT2D eigenvalue weighted by molar-refractivity contribution is 0.291. The number of pyridine rings is 1. The Kier molecular flexibility index (Phi) is 5.27. The highest BCUT2D eigenvalue weighted by Gasteiger charge is 2.13. The summed E-state index contributed by atoms with van der Waals surface area (Å²) in [6, 6.07) is 5.46. The first kappa shape index (κ1) is 15.4. The van der Waals surface area contributed by atoms with Crippen molar-refractivity contribution in [3.05, 3.63) is 40.6 Å². The molecule has 0 N–H and O–H groups in total. The van der Waals surface area contributed by atoms with Gasteiger partial charge in [-0.2, -0.15) is 0 Å². The largest absolute Gasteiger partial charge is 0.493 e. The minimum Gasteiger partial charge on any atom is -0.493 e. The van der Waals surface area contributed by atoms with Crippen LogP contribution in [0.2, 0.25) is 0 Å². The fourth-order valence-electron chi connectivity index (χ4n) is 1.84. The zero-order valence-electron chi connectivity index (χ0n) is 12.1. The number of nitrogens with zero attached hydrogens (tertiary/aromatic N) is 1. The third-order valence-corrected chi connectivity index (χ3v) is 3.24. The summed E-state index contributed by atoms with van der Waals surface area (Å²) in [7, 11) is 4.70. The third kappa shape index (κ3) is 3.78. The van der Waals surface area contributed by atoms with E-state index in [0.29, 0.717) is 29.6 Å². The van der Waals surface area contributed by atoms with Gasteiger partial charge in [0, 0.05) is 34.6 Å². The molecular formula is C15H16BrNO4. The van der Waals surface area contributed by atoms with Crippen molar-refractivity contribution in [2.24, 2.45) is 0 Å². The minimum absolute atomic E-state index is 0.394. The molecule has 0 aliphatic rings. The molecular weight excluding hydrogens is 338 g/mol. The van der Waals surface area contributed by atoms with Crippen molar-refractivity contribution >= 4 is 15.9 Å². The summed E-state index contributed by atoms with van der Waals surface area (Å²) in [6.07, 6.45) is 3.48. The van der Waals surface area contributed by atoms with Crippen LogP contribution in [0.25, 0.3) is 0 Å². The summed E-state index contributed by atoms with van der Waals surface area (Å²) in [6.45, 7) is 0.394. The summed E-state index contributed by atoms with van der Waals surface area (Å²) in [5.74, 6) is 2.28. The Morgan fingerprint density at radius 3 is 2.14 bits per heavy atom. The second-order valence-corrected chi connectivity index (χ2v) is 5.08. The first-order valence-corrected chi connectivity index (χ1v) is 6.99. The molecule has 2 rings (SSSR count). The Labute approximate surface area is 131 Å². The molecule has 0 atom stereocenters. The smallest absolute Gasteiger partial charge is 0.203 e.